The van der Waals surface area contributed by atoms with E-state index in [2.05, 4.69) is 10.6 Å². The van der Waals surface area contributed by atoms with Crippen molar-refractivity contribution in [3.8, 4) is 0 Å². The molecule has 0 saturated carbocycles. The third kappa shape index (κ3) is 6.42. The van der Waals surface area contributed by atoms with E-state index in [4.69, 9.17) is 4.74 Å². The number of hydrogen-bond donors (Lipinski definition) is 2. The lowest BCUT2D eigenvalue weighted by Crippen LogP contribution is -2.38. The zero-order chi connectivity index (χ0) is 11.0. The molecule has 0 spiro atoms. The van der Waals surface area contributed by atoms with Crippen LogP contribution in [-0.4, -0.2) is 38.1 Å². The number of carbonyl (C=O) groups is 2. The Morgan fingerprint density at radius 1 is 1.29 bits per heavy atom. The molecule has 2 N–H and O–H groups in total. The minimum Gasteiger partial charge on any atom is -0.379 e. The van der Waals surface area contributed by atoms with Gasteiger partial charge in [0.2, 0.25) is 0 Å². The average molecular weight is 202 g/mol. The molecule has 14 heavy (non-hydrogen) atoms. The van der Waals surface area contributed by atoms with Gasteiger partial charge in [-0.2, -0.15) is 0 Å². The van der Waals surface area contributed by atoms with Crippen LogP contribution >= 0.6 is 0 Å². The van der Waals surface area contributed by atoms with Crippen LogP contribution in [0.2, 0.25) is 0 Å². The van der Waals surface area contributed by atoms with Gasteiger partial charge in [0, 0.05) is 20.2 Å². The molecule has 0 saturated heterocycles. The van der Waals surface area contributed by atoms with Crippen LogP contribution in [-0.2, 0) is 14.3 Å². The zero-order valence-corrected chi connectivity index (χ0v) is 8.92. The molecular weight excluding hydrogens is 184 g/mol. The monoisotopic (exact) mass is 202 g/mol. The SMILES string of the molecule is CNC(=O)C(=O)NCCCOC(C)C. The Hall–Kier alpha value is -1.10. The first-order chi connectivity index (χ1) is 6.57. The first-order valence-electron chi connectivity index (χ1n) is 4.69. The number of likely N-dealkylation sites (N-methyl/N-ethyl adjacent to an activating group) is 1. The summed E-state index contributed by atoms with van der Waals surface area (Å²) in [6.45, 7) is 4.94. The summed E-state index contributed by atoms with van der Waals surface area (Å²) >= 11 is 0. The quantitative estimate of drug-likeness (QED) is 0.473. The van der Waals surface area contributed by atoms with E-state index in [9.17, 15) is 9.59 Å². The van der Waals surface area contributed by atoms with Crippen LogP contribution in [0.1, 0.15) is 20.3 Å². The molecule has 0 heterocycles. The Balaban J connectivity index is 3.36. The molecule has 0 aromatic carbocycles. The predicted octanol–water partition coefficient (Wildman–Crippen LogP) is -0.336. The van der Waals surface area contributed by atoms with Crippen molar-refractivity contribution < 1.29 is 14.3 Å². The van der Waals surface area contributed by atoms with E-state index in [0.29, 0.717) is 19.6 Å². The molecule has 0 unspecified atom stereocenters. The number of rotatable bonds is 5. The van der Waals surface area contributed by atoms with Gasteiger partial charge in [-0.05, 0) is 20.3 Å². The number of nitrogens with one attached hydrogen (secondary N) is 2. The molecule has 0 aliphatic heterocycles. The van der Waals surface area contributed by atoms with E-state index in [1.807, 2.05) is 13.8 Å². The molecule has 0 rings (SSSR count). The van der Waals surface area contributed by atoms with Crippen LogP contribution in [0.5, 0.6) is 0 Å². The van der Waals surface area contributed by atoms with Crippen LogP contribution in [0.25, 0.3) is 0 Å². The molecule has 0 radical (unpaired) electrons. The highest BCUT2D eigenvalue weighted by Gasteiger charge is 2.08. The summed E-state index contributed by atoms with van der Waals surface area (Å²) in [4.78, 5) is 21.6. The fourth-order valence-corrected chi connectivity index (χ4v) is 0.787. The highest BCUT2D eigenvalue weighted by molar-refractivity contribution is 6.34. The maximum absolute atomic E-state index is 10.9. The Morgan fingerprint density at radius 2 is 1.93 bits per heavy atom. The third-order valence-electron chi connectivity index (χ3n) is 1.49. The summed E-state index contributed by atoms with van der Waals surface area (Å²) in [5.41, 5.74) is 0. The van der Waals surface area contributed by atoms with Crippen molar-refractivity contribution in [1.82, 2.24) is 10.6 Å². The highest BCUT2D eigenvalue weighted by Crippen LogP contribution is 1.88. The van der Waals surface area contributed by atoms with E-state index in [-0.39, 0.29) is 6.10 Å². The molecule has 82 valence electrons. The van der Waals surface area contributed by atoms with Crippen LogP contribution < -0.4 is 10.6 Å². The normalized spacial score (nSPS) is 10.0. The summed E-state index contributed by atoms with van der Waals surface area (Å²) in [6.07, 6.45) is 0.908. The van der Waals surface area contributed by atoms with Gasteiger partial charge in [-0.1, -0.05) is 0 Å². The Kier molecular flexibility index (Phi) is 6.74. The standard InChI is InChI=1S/C9H18N2O3/c1-7(2)14-6-4-5-11-9(13)8(12)10-3/h7H,4-6H2,1-3H3,(H,10,12)(H,11,13). The van der Waals surface area contributed by atoms with Gasteiger partial charge in [-0.25, -0.2) is 0 Å². The maximum Gasteiger partial charge on any atom is 0.309 e. The van der Waals surface area contributed by atoms with E-state index in [1.54, 1.807) is 0 Å². The van der Waals surface area contributed by atoms with Crippen molar-refractivity contribution in [1.29, 1.82) is 0 Å². The van der Waals surface area contributed by atoms with E-state index in [1.165, 1.54) is 7.05 Å². The smallest absolute Gasteiger partial charge is 0.309 e. The fourth-order valence-electron chi connectivity index (χ4n) is 0.787. The predicted molar refractivity (Wildman–Crippen MR) is 52.8 cm³/mol. The zero-order valence-electron chi connectivity index (χ0n) is 8.92. The molecular formula is C9H18N2O3. The third-order valence-corrected chi connectivity index (χ3v) is 1.49. The van der Waals surface area contributed by atoms with E-state index >= 15 is 0 Å². The second kappa shape index (κ2) is 7.32. The van der Waals surface area contributed by atoms with Crippen molar-refractivity contribution in [2.45, 2.75) is 26.4 Å². The first kappa shape index (κ1) is 12.9. The average Bonchev–Trinajstić information content (AvgIpc) is 2.15. The van der Waals surface area contributed by atoms with Crippen LogP contribution in [0, 0.1) is 0 Å². The summed E-state index contributed by atoms with van der Waals surface area (Å²) in [5, 5.41) is 4.72. The van der Waals surface area contributed by atoms with Crippen LogP contribution in [0.4, 0.5) is 0 Å². The van der Waals surface area contributed by atoms with Gasteiger partial charge in [-0.3, -0.25) is 9.59 Å². The Labute approximate surface area is 84.2 Å². The fraction of sp³-hybridized carbons (Fsp3) is 0.778. The van der Waals surface area contributed by atoms with Crippen LogP contribution in [0.3, 0.4) is 0 Å². The molecule has 0 atom stereocenters. The maximum atomic E-state index is 10.9. The van der Waals surface area contributed by atoms with Gasteiger partial charge in [0.25, 0.3) is 0 Å². The Bertz CT molecular complexity index is 192. The number of hydrogen-bond acceptors (Lipinski definition) is 3. The lowest BCUT2D eigenvalue weighted by Gasteiger charge is -2.07. The van der Waals surface area contributed by atoms with Gasteiger partial charge >= 0.3 is 11.8 Å². The van der Waals surface area contributed by atoms with Gasteiger partial charge < -0.3 is 15.4 Å². The Morgan fingerprint density at radius 3 is 2.43 bits per heavy atom. The molecule has 5 heteroatoms. The van der Waals surface area contributed by atoms with Gasteiger partial charge in [0.05, 0.1) is 6.10 Å². The second-order valence-corrected chi connectivity index (χ2v) is 3.11. The van der Waals surface area contributed by atoms with Crippen molar-refractivity contribution in [3.05, 3.63) is 0 Å². The molecule has 2 amide bonds. The molecule has 0 aliphatic carbocycles. The van der Waals surface area contributed by atoms with E-state index in [0.717, 1.165) is 0 Å². The van der Waals surface area contributed by atoms with Crippen molar-refractivity contribution in [2.24, 2.45) is 0 Å². The topological polar surface area (TPSA) is 67.4 Å². The molecule has 0 aromatic rings. The van der Waals surface area contributed by atoms with Gasteiger partial charge in [0.15, 0.2) is 0 Å². The highest BCUT2D eigenvalue weighted by atomic mass is 16.5. The summed E-state index contributed by atoms with van der Waals surface area (Å²) in [7, 11) is 1.42. The first-order valence-corrected chi connectivity index (χ1v) is 4.69. The van der Waals surface area contributed by atoms with Crippen molar-refractivity contribution in [2.75, 3.05) is 20.2 Å². The summed E-state index contributed by atoms with van der Waals surface area (Å²) in [6, 6.07) is 0. The minimum absolute atomic E-state index is 0.199. The molecule has 0 aliphatic rings. The lowest BCUT2D eigenvalue weighted by molar-refractivity contribution is -0.138. The lowest BCUT2D eigenvalue weighted by atomic mass is 10.4. The summed E-state index contributed by atoms with van der Waals surface area (Å²) < 4.78 is 5.26. The number of carbonyl (C=O) groups excluding carboxylic acids is 2. The van der Waals surface area contributed by atoms with E-state index < -0.39 is 11.8 Å². The van der Waals surface area contributed by atoms with Crippen molar-refractivity contribution in [3.63, 3.8) is 0 Å². The van der Waals surface area contributed by atoms with Gasteiger partial charge in [0.1, 0.15) is 0 Å². The molecule has 0 bridgehead atoms. The minimum atomic E-state index is -0.616. The molecule has 0 fully saturated rings. The van der Waals surface area contributed by atoms with Crippen molar-refractivity contribution >= 4 is 11.8 Å². The second-order valence-electron chi connectivity index (χ2n) is 3.11. The molecule has 5 nitrogen and oxygen atoms in total. The largest absolute Gasteiger partial charge is 0.379 e. The summed E-state index contributed by atoms with van der Waals surface area (Å²) in [5.74, 6) is -1.22. The number of amides is 2. The number of ether oxygens (including phenoxy) is 1. The van der Waals surface area contributed by atoms with Gasteiger partial charge in [-0.15, -0.1) is 0 Å². The molecule has 0 aromatic heterocycles. The van der Waals surface area contributed by atoms with Crippen LogP contribution in [0.15, 0.2) is 0 Å².